The van der Waals surface area contributed by atoms with Crippen molar-refractivity contribution in [3.8, 4) is 0 Å². The van der Waals surface area contributed by atoms with Gasteiger partial charge in [0.25, 0.3) is 0 Å². The predicted octanol–water partition coefficient (Wildman–Crippen LogP) is 2.79. The molecule has 0 atom stereocenters. The van der Waals surface area contributed by atoms with Crippen molar-refractivity contribution in [3.63, 3.8) is 0 Å². The number of guanidine groups is 1. The summed E-state index contributed by atoms with van der Waals surface area (Å²) in [4.78, 5) is 9.77. The van der Waals surface area contributed by atoms with E-state index in [0.29, 0.717) is 23.6 Å². The van der Waals surface area contributed by atoms with E-state index in [-0.39, 0.29) is 30.5 Å². The number of thiazole rings is 1. The van der Waals surface area contributed by atoms with Crippen LogP contribution < -0.4 is 10.6 Å². The van der Waals surface area contributed by atoms with Gasteiger partial charge in [-0.2, -0.15) is 13.2 Å². The lowest BCUT2D eigenvalue weighted by atomic mass is 10.3. The summed E-state index contributed by atoms with van der Waals surface area (Å²) >= 11 is 0.977. The van der Waals surface area contributed by atoms with E-state index in [1.54, 1.807) is 7.05 Å². The highest BCUT2D eigenvalue weighted by Crippen LogP contribution is 2.29. The van der Waals surface area contributed by atoms with E-state index >= 15 is 0 Å². The first-order valence-corrected chi connectivity index (χ1v) is 7.78. The first-order chi connectivity index (χ1) is 10.2. The second-order valence-corrected chi connectivity index (χ2v) is 5.99. The molecule has 0 amide bonds. The maximum Gasteiger partial charge on any atom is 0.434 e. The van der Waals surface area contributed by atoms with Crippen molar-refractivity contribution in [1.29, 1.82) is 0 Å². The second kappa shape index (κ2) is 10.3. The van der Waals surface area contributed by atoms with Gasteiger partial charge in [0.15, 0.2) is 11.7 Å². The third kappa shape index (κ3) is 8.15. The van der Waals surface area contributed by atoms with E-state index in [1.807, 2.05) is 7.05 Å². The van der Waals surface area contributed by atoms with Crippen LogP contribution in [-0.2, 0) is 12.7 Å². The summed E-state index contributed by atoms with van der Waals surface area (Å²) in [5.74, 6) is 0.543. The molecule has 2 N–H and O–H groups in total. The number of aliphatic imine (C=N–C) groups is 1. The van der Waals surface area contributed by atoms with E-state index in [4.69, 9.17) is 0 Å². The van der Waals surface area contributed by atoms with Gasteiger partial charge in [-0.25, -0.2) is 4.98 Å². The molecule has 0 aliphatic heterocycles. The highest BCUT2D eigenvalue weighted by atomic mass is 127. The molecule has 134 valence electrons. The Morgan fingerprint density at radius 2 is 2.04 bits per heavy atom. The van der Waals surface area contributed by atoms with Gasteiger partial charge in [0.05, 0.1) is 6.54 Å². The minimum atomic E-state index is -4.39. The largest absolute Gasteiger partial charge is 0.434 e. The molecule has 0 aliphatic carbocycles. The lowest BCUT2D eigenvalue weighted by molar-refractivity contribution is -0.140. The molecule has 5 nitrogen and oxygen atoms in total. The molecule has 0 fully saturated rings. The van der Waals surface area contributed by atoms with Crippen LogP contribution in [0.4, 0.5) is 13.2 Å². The zero-order valence-corrected chi connectivity index (χ0v) is 16.7. The fourth-order valence-corrected chi connectivity index (χ4v) is 2.25. The quantitative estimate of drug-likeness (QED) is 0.386. The summed E-state index contributed by atoms with van der Waals surface area (Å²) in [5, 5.41) is 7.46. The highest BCUT2D eigenvalue weighted by Gasteiger charge is 2.33. The average molecular weight is 465 g/mol. The molecule has 0 bridgehead atoms. The Labute approximate surface area is 155 Å². The van der Waals surface area contributed by atoms with E-state index in [0.717, 1.165) is 23.3 Å². The van der Waals surface area contributed by atoms with E-state index < -0.39 is 11.9 Å². The summed E-state index contributed by atoms with van der Waals surface area (Å²) in [6.07, 6.45) is -4.39. The lowest BCUT2D eigenvalue weighted by Crippen LogP contribution is -2.41. The standard InChI is InChI=1S/C13H22F3N5S.HI/c1-9(2)21(4)6-5-18-12(17-3)19-7-11-20-10(8-22-11)13(14,15)16;/h8-9H,5-7H2,1-4H3,(H2,17,18,19);1H. The molecule has 0 aliphatic rings. The van der Waals surface area contributed by atoms with Crippen molar-refractivity contribution >= 4 is 41.3 Å². The van der Waals surface area contributed by atoms with Crippen LogP contribution in [0.2, 0.25) is 0 Å². The first kappa shape index (κ1) is 22.4. The van der Waals surface area contributed by atoms with Gasteiger partial charge in [-0.15, -0.1) is 35.3 Å². The Morgan fingerprint density at radius 3 is 2.52 bits per heavy atom. The molecule has 0 saturated heterocycles. The average Bonchev–Trinajstić information content (AvgIpc) is 2.91. The zero-order valence-electron chi connectivity index (χ0n) is 13.6. The lowest BCUT2D eigenvalue weighted by Gasteiger charge is -2.21. The fourth-order valence-electron chi connectivity index (χ4n) is 1.51. The molecular formula is C13H23F3IN5S. The molecule has 1 aromatic heterocycles. The first-order valence-electron chi connectivity index (χ1n) is 6.90. The molecule has 0 spiro atoms. The highest BCUT2D eigenvalue weighted by molar-refractivity contribution is 14.0. The third-order valence-corrected chi connectivity index (χ3v) is 3.96. The summed E-state index contributed by atoms with van der Waals surface area (Å²) < 4.78 is 37.4. The maximum atomic E-state index is 12.5. The second-order valence-electron chi connectivity index (χ2n) is 5.05. The molecule has 23 heavy (non-hydrogen) atoms. The molecule has 0 radical (unpaired) electrons. The molecule has 1 aromatic rings. The number of aromatic nitrogens is 1. The van der Waals surface area contributed by atoms with Crippen molar-refractivity contribution in [3.05, 3.63) is 16.1 Å². The fraction of sp³-hybridized carbons (Fsp3) is 0.692. The number of likely N-dealkylation sites (N-methyl/N-ethyl adjacent to an activating group) is 1. The van der Waals surface area contributed by atoms with Gasteiger partial charge in [-0.05, 0) is 20.9 Å². The van der Waals surface area contributed by atoms with Gasteiger partial charge in [-0.3, -0.25) is 4.99 Å². The summed E-state index contributed by atoms with van der Waals surface area (Å²) in [6.45, 7) is 5.95. The number of hydrogen-bond donors (Lipinski definition) is 2. The Morgan fingerprint density at radius 1 is 1.39 bits per heavy atom. The van der Waals surface area contributed by atoms with Crippen molar-refractivity contribution in [2.45, 2.75) is 32.6 Å². The monoisotopic (exact) mass is 465 g/mol. The summed E-state index contributed by atoms with van der Waals surface area (Å²) in [5.41, 5.74) is -0.851. The summed E-state index contributed by atoms with van der Waals surface area (Å²) in [6, 6.07) is 0.452. The van der Waals surface area contributed by atoms with E-state index in [1.165, 1.54) is 0 Å². The molecule has 0 unspecified atom stereocenters. The third-order valence-electron chi connectivity index (χ3n) is 3.11. The predicted molar refractivity (Wildman–Crippen MR) is 98.5 cm³/mol. The number of alkyl halides is 3. The van der Waals surface area contributed by atoms with Crippen molar-refractivity contribution < 1.29 is 13.2 Å². The van der Waals surface area contributed by atoms with Crippen LogP contribution in [0.25, 0.3) is 0 Å². The minimum Gasteiger partial charge on any atom is -0.355 e. The number of nitrogens with one attached hydrogen (secondary N) is 2. The Hall–Kier alpha value is -0.620. The van der Waals surface area contributed by atoms with E-state index in [2.05, 4.69) is 39.4 Å². The zero-order chi connectivity index (χ0) is 16.8. The topological polar surface area (TPSA) is 52.6 Å². The van der Waals surface area contributed by atoms with Gasteiger partial charge in [-0.1, -0.05) is 0 Å². The number of halogens is 4. The van der Waals surface area contributed by atoms with Gasteiger partial charge >= 0.3 is 6.18 Å². The van der Waals surface area contributed by atoms with Gasteiger partial charge in [0.1, 0.15) is 5.01 Å². The van der Waals surface area contributed by atoms with Crippen LogP contribution in [0, 0.1) is 0 Å². The maximum absolute atomic E-state index is 12.5. The van der Waals surface area contributed by atoms with Gasteiger partial charge in [0.2, 0.25) is 0 Å². The minimum absolute atomic E-state index is 0. The smallest absolute Gasteiger partial charge is 0.355 e. The molecule has 10 heteroatoms. The van der Waals surface area contributed by atoms with Crippen LogP contribution in [0.3, 0.4) is 0 Å². The molecule has 1 heterocycles. The Bertz CT molecular complexity index is 490. The van der Waals surface area contributed by atoms with Crippen molar-refractivity contribution in [1.82, 2.24) is 20.5 Å². The molecule has 1 rings (SSSR count). The molecular weight excluding hydrogens is 442 g/mol. The normalized spacial score (nSPS) is 12.5. The van der Waals surface area contributed by atoms with Crippen molar-refractivity contribution in [2.75, 3.05) is 27.2 Å². The summed E-state index contributed by atoms with van der Waals surface area (Å²) in [7, 11) is 3.64. The Balaban J connectivity index is 0.00000484. The van der Waals surface area contributed by atoms with Crippen LogP contribution in [-0.4, -0.2) is 49.1 Å². The number of nitrogens with zero attached hydrogens (tertiary/aromatic N) is 3. The van der Waals surface area contributed by atoms with Crippen LogP contribution >= 0.6 is 35.3 Å². The number of hydrogen-bond acceptors (Lipinski definition) is 4. The molecule has 0 aromatic carbocycles. The van der Waals surface area contributed by atoms with Gasteiger partial charge in [0, 0.05) is 31.6 Å². The molecule has 0 saturated carbocycles. The van der Waals surface area contributed by atoms with Crippen LogP contribution in [0.1, 0.15) is 24.5 Å². The number of rotatable bonds is 6. The van der Waals surface area contributed by atoms with Crippen LogP contribution in [0.15, 0.2) is 10.4 Å². The van der Waals surface area contributed by atoms with Crippen molar-refractivity contribution in [2.24, 2.45) is 4.99 Å². The SMILES string of the molecule is CN=C(NCCN(C)C(C)C)NCc1nc(C(F)(F)F)cs1.I. The van der Waals surface area contributed by atoms with Crippen LogP contribution in [0.5, 0.6) is 0 Å². The van der Waals surface area contributed by atoms with E-state index in [9.17, 15) is 13.2 Å². The van der Waals surface area contributed by atoms with Gasteiger partial charge < -0.3 is 15.5 Å². The Kier molecular flexibility index (Phi) is 10.0.